The second-order valence-corrected chi connectivity index (χ2v) is 11.4. The van der Waals surface area contributed by atoms with Crippen LogP contribution in [0.1, 0.15) is 36.3 Å². The Balaban J connectivity index is 1.29. The van der Waals surface area contributed by atoms with Crippen molar-refractivity contribution in [2.24, 2.45) is 5.41 Å². The quantitative estimate of drug-likeness (QED) is 0.167. The van der Waals surface area contributed by atoms with Crippen molar-refractivity contribution in [3.05, 3.63) is 119 Å². The summed E-state index contributed by atoms with van der Waals surface area (Å²) in [6.07, 6.45) is 4.03. The lowest BCUT2D eigenvalue weighted by Gasteiger charge is -2.41. The van der Waals surface area contributed by atoms with E-state index in [9.17, 15) is 14.4 Å². The third-order valence-corrected chi connectivity index (χ3v) is 8.29. The van der Waals surface area contributed by atoms with Gasteiger partial charge in [-0.2, -0.15) is 0 Å². The number of nitrogens with one attached hydrogen (secondary N) is 1. The number of rotatable bonds is 8. The second-order valence-electron chi connectivity index (χ2n) is 10.5. The highest BCUT2D eigenvalue weighted by molar-refractivity contribution is 7.13. The fraction of sp³-hybridized carbons (Fsp3) is 0.219. The molecule has 9 nitrogen and oxygen atoms in total. The number of hydrogen-bond acceptors (Lipinski definition) is 8. The van der Waals surface area contributed by atoms with E-state index in [0.29, 0.717) is 22.8 Å². The first kappa shape index (κ1) is 27.3. The van der Waals surface area contributed by atoms with Gasteiger partial charge in [-0.1, -0.05) is 73.7 Å². The molecule has 0 radical (unpaired) electrons. The molecule has 2 aliphatic rings. The molecule has 3 atom stereocenters. The molecule has 2 saturated heterocycles. The van der Waals surface area contributed by atoms with Crippen molar-refractivity contribution < 1.29 is 23.9 Å². The minimum absolute atomic E-state index is 0.109. The Hall–Kier alpha value is -4.83. The van der Waals surface area contributed by atoms with Gasteiger partial charge < -0.3 is 14.4 Å². The number of amides is 2. The number of nitrogens with zero attached hydrogens (tertiary/aromatic N) is 3. The molecule has 1 unspecified atom stereocenters. The summed E-state index contributed by atoms with van der Waals surface area (Å²) in [6, 6.07) is 23.1. The maximum atomic E-state index is 14.1. The molecule has 10 heteroatoms. The molecule has 0 aliphatic carbocycles. The van der Waals surface area contributed by atoms with E-state index in [-0.39, 0.29) is 18.6 Å². The van der Waals surface area contributed by atoms with E-state index in [0.717, 1.165) is 11.1 Å². The molecule has 6 rings (SSSR count). The Bertz CT molecular complexity index is 1560. The van der Waals surface area contributed by atoms with Gasteiger partial charge in [0.2, 0.25) is 0 Å². The van der Waals surface area contributed by atoms with Gasteiger partial charge in [0.1, 0.15) is 12.6 Å². The summed E-state index contributed by atoms with van der Waals surface area (Å²) < 4.78 is 11.8. The molecule has 0 bridgehead atoms. The lowest BCUT2D eigenvalue weighted by molar-refractivity contribution is -0.163. The molecule has 2 fully saturated rings. The van der Waals surface area contributed by atoms with Crippen molar-refractivity contribution in [2.75, 3.05) is 11.9 Å². The summed E-state index contributed by atoms with van der Waals surface area (Å²) in [5.41, 5.74) is 1.90. The largest absolute Gasteiger partial charge is 0.451 e. The molecule has 4 heterocycles. The highest BCUT2D eigenvalue weighted by Gasteiger charge is 2.63. The first-order chi connectivity index (χ1) is 20.4. The lowest BCUT2D eigenvalue weighted by Crippen LogP contribution is -2.58. The summed E-state index contributed by atoms with van der Waals surface area (Å²) >= 11 is 1.27. The molecular formula is C32H28N4O5S. The first-order valence-electron chi connectivity index (χ1n) is 13.5. The van der Waals surface area contributed by atoms with Crippen LogP contribution < -0.4 is 5.32 Å². The van der Waals surface area contributed by atoms with Gasteiger partial charge in [0.25, 0.3) is 5.91 Å². The summed E-state index contributed by atoms with van der Waals surface area (Å²) in [6.45, 7) is 1.74. The molecule has 212 valence electrons. The summed E-state index contributed by atoms with van der Waals surface area (Å²) in [4.78, 5) is 50.2. The number of ether oxygens (including phenoxy) is 2. The SMILES string of the molecule is C[C@@]1(COC(=O)Nc2nccs2)CC2/C(=C\c3ccccn3)C(=O)N2[C@H]1C(=O)OC(c1ccccc1)c1ccccc1. The van der Waals surface area contributed by atoms with Crippen molar-refractivity contribution in [1.82, 2.24) is 14.9 Å². The predicted octanol–water partition coefficient (Wildman–Crippen LogP) is 5.49. The number of benzene rings is 2. The molecule has 42 heavy (non-hydrogen) atoms. The van der Waals surface area contributed by atoms with Crippen LogP contribution in [-0.2, 0) is 19.1 Å². The second kappa shape index (κ2) is 11.6. The van der Waals surface area contributed by atoms with E-state index in [2.05, 4.69) is 15.3 Å². The number of hydrogen-bond donors (Lipinski definition) is 1. The van der Waals surface area contributed by atoms with Gasteiger partial charge in [0, 0.05) is 28.8 Å². The number of carbonyl (C=O) groups excluding carboxylic acids is 3. The standard InChI is InChI=1S/C32H28N4O5S/c1-32(20-40-31(39)35-30-34-16-17-42-30)19-25-24(18-23-14-8-9-15-33-23)28(37)36(25)27(32)29(38)41-26(21-10-4-2-5-11-21)22-12-6-3-7-13-22/h2-18,25-27H,19-20H2,1H3,(H,34,35,39)/b24-18+/t25?,27-,32-/m0/s1. The van der Waals surface area contributed by atoms with Crippen LogP contribution in [0, 0.1) is 5.41 Å². The number of aromatic nitrogens is 2. The van der Waals surface area contributed by atoms with Crippen molar-refractivity contribution in [1.29, 1.82) is 0 Å². The van der Waals surface area contributed by atoms with Crippen LogP contribution in [0.4, 0.5) is 9.93 Å². The minimum Gasteiger partial charge on any atom is -0.451 e. The summed E-state index contributed by atoms with van der Waals surface area (Å²) in [5, 5.41) is 4.74. The monoisotopic (exact) mass is 580 g/mol. The number of carbonyl (C=O) groups is 3. The van der Waals surface area contributed by atoms with Crippen LogP contribution in [0.2, 0.25) is 0 Å². The zero-order chi connectivity index (χ0) is 29.1. The Kier molecular flexibility index (Phi) is 7.54. The third kappa shape index (κ3) is 5.40. The Morgan fingerprint density at radius 3 is 2.33 bits per heavy atom. The van der Waals surface area contributed by atoms with E-state index < -0.39 is 29.6 Å². The lowest BCUT2D eigenvalue weighted by atomic mass is 9.81. The van der Waals surface area contributed by atoms with Crippen molar-refractivity contribution in [3.63, 3.8) is 0 Å². The molecule has 2 aromatic carbocycles. The summed E-state index contributed by atoms with van der Waals surface area (Å²) in [7, 11) is 0. The van der Waals surface area contributed by atoms with Gasteiger partial charge in [0.05, 0.1) is 11.7 Å². The zero-order valence-electron chi connectivity index (χ0n) is 22.8. The minimum atomic E-state index is -0.974. The first-order valence-corrected chi connectivity index (χ1v) is 14.4. The van der Waals surface area contributed by atoms with Crippen LogP contribution in [0.5, 0.6) is 0 Å². The highest BCUT2D eigenvalue weighted by atomic mass is 32.1. The number of thiazole rings is 1. The topological polar surface area (TPSA) is 111 Å². The van der Waals surface area contributed by atoms with Crippen LogP contribution in [0.25, 0.3) is 6.08 Å². The fourth-order valence-electron chi connectivity index (χ4n) is 5.63. The molecule has 2 amide bonds. The van der Waals surface area contributed by atoms with Gasteiger partial charge >= 0.3 is 12.1 Å². The highest BCUT2D eigenvalue weighted by Crippen LogP contribution is 2.50. The number of anilines is 1. The Labute approximate surface area is 246 Å². The molecular weight excluding hydrogens is 552 g/mol. The van der Waals surface area contributed by atoms with E-state index >= 15 is 0 Å². The van der Waals surface area contributed by atoms with Crippen molar-refractivity contribution in [2.45, 2.75) is 31.5 Å². The fourth-order valence-corrected chi connectivity index (χ4v) is 6.14. The number of pyridine rings is 1. The maximum absolute atomic E-state index is 14.1. The normalized spacial score (nSPS) is 22.0. The van der Waals surface area contributed by atoms with Gasteiger partial charge in [0.15, 0.2) is 11.2 Å². The van der Waals surface area contributed by atoms with Crippen molar-refractivity contribution >= 4 is 40.5 Å². The smallest absolute Gasteiger partial charge is 0.413 e. The maximum Gasteiger partial charge on any atom is 0.413 e. The van der Waals surface area contributed by atoms with Crippen LogP contribution >= 0.6 is 11.3 Å². The third-order valence-electron chi connectivity index (χ3n) is 7.60. The van der Waals surface area contributed by atoms with Gasteiger partial charge in [-0.15, -0.1) is 11.3 Å². The van der Waals surface area contributed by atoms with Crippen LogP contribution in [-0.4, -0.2) is 51.5 Å². The van der Waals surface area contributed by atoms with Crippen molar-refractivity contribution in [3.8, 4) is 0 Å². The zero-order valence-corrected chi connectivity index (χ0v) is 23.6. The molecule has 2 aliphatic heterocycles. The van der Waals surface area contributed by atoms with Crippen LogP contribution in [0.3, 0.4) is 0 Å². The van der Waals surface area contributed by atoms with E-state index in [4.69, 9.17) is 9.47 Å². The van der Waals surface area contributed by atoms with Gasteiger partial charge in [-0.3, -0.25) is 15.1 Å². The Morgan fingerprint density at radius 1 is 1.02 bits per heavy atom. The number of β-lactam (4-membered cyclic amide) rings is 1. The van der Waals surface area contributed by atoms with Gasteiger partial charge in [-0.25, -0.2) is 14.6 Å². The van der Waals surface area contributed by atoms with Crippen LogP contribution in [0.15, 0.2) is 102 Å². The molecule has 1 N–H and O–H groups in total. The molecule has 2 aromatic heterocycles. The predicted molar refractivity (Wildman–Crippen MR) is 157 cm³/mol. The molecule has 4 aromatic rings. The number of fused-ring (bicyclic) bond motifs is 1. The molecule has 0 spiro atoms. The average molecular weight is 581 g/mol. The van der Waals surface area contributed by atoms with E-state index in [1.54, 1.807) is 34.8 Å². The Morgan fingerprint density at radius 2 is 1.71 bits per heavy atom. The number of esters is 1. The molecule has 0 saturated carbocycles. The summed E-state index contributed by atoms with van der Waals surface area (Å²) in [5.74, 6) is -0.827. The van der Waals surface area contributed by atoms with E-state index in [1.807, 2.05) is 79.7 Å². The average Bonchev–Trinajstić information content (AvgIpc) is 3.63. The van der Waals surface area contributed by atoms with E-state index in [1.165, 1.54) is 11.3 Å². The van der Waals surface area contributed by atoms with Gasteiger partial charge in [-0.05, 0) is 35.8 Å².